The van der Waals surface area contributed by atoms with E-state index in [-0.39, 0.29) is 11.9 Å². The molecule has 4 heteroatoms. The summed E-state index contributed by atoms with van der Waals surface area (Å²) in [4.78, 5) is 16.5. The lowest BCUT2D eigenvalue weighted by Crippen LogP contribution is -2.39. The van der Waals surface area contributed by atoms with Crippen LogP contribution in [-0.4, -0.2) is 23.5 Å². The molecule has 1 aliphatic heterocycles. The third-order valence-corrected chi connectivity index (χ3v) is 6.93. The van der Waals surface area contributed by atoms with Gasteiger partial charge in [-0.3, -0.25) is 4.79 Å². The second kappa shape index (κ2) is 8.47. The molecule has 1 saturated carbocycles. The summed E-state index contributed by atoms with van der Waals surface area (Å²) >= 11 is 1.83. The maximum atomic E-state index is 12.9. The largest absolute Gasteiger partial charge is 0.490 e. The number of benzene rings is 1. The van der Waals surface area contributed by atoms with Crippen molar-refractivity contribution in [3.8, 4) is 5.75 Å². The van der Waals surface area contributed by atoms with Crippen LogP contribution in [0.2, 0.25) is 0 Å². The average molecular weight is 384 g/mol. The second-order valence-electron chi connectivity index (χ2n) is 7.73. The number of ether oxygens (including phenoxy) is 1. The minimum Gasteiger partial charge on any atom is -0.490 e. The Hall–Kier alpha value is -1.81. The molecular formula is C23H29NO2S. The maximum Gasteiger partial charge on any atom is 0.223 e. The lowest BCUT2D eigenvalue weighted by atomic mass is 9.97. The lowest BCUT2D eigenvalue weighted by Gasteiger charge is -2.35. The van der Waals surface area contributed by atoms with Crippen LogP contribution in [0.3, 0.4) is 0 Å². The smallest absolute Gasteiger partial charge is 0.223 e. The quantitative estimate of drug-likeness (QED) is 0.655. The summed E-state index contributed by atoms with van der Waals surface area (Å²) in [5, 5.41) is 2.16. The van der Waals surface area contributed by atoms with Gasteiger partial charge in [-0.05, 0) is 79.7 Å². The van der Waals surface area contributed by atoms with Gasteiger partial charge in [-0.25, -0.2) is 0 Å². The van der Waals surface area contributed by atoms with Gasteiger partial charge < -0.3 is 9.64 Å². The molecular weight excluding hydrogens is 354 g/mol. The standard InChI is InChI=1S/C23H29NO2S/c1-2-21-20-13-15-27-22(20)12-14-24(21)23(25)11-10-17-6-5-9-19(16-17)26-18-7-3-4-8-18/h5-6,9,13,15-16,18,21H,2-4,7-8,10-12,14H2,1H3. The number of amides is 1. The van der Waals surface area contributed by atoms with E-state index in [0.717, 1.165) is 31.6 Å². The van der Waals surface area contributed by atoms with Gasteiger partial charge in [-0.15, -0.1) is 11.3 Å². The summed E-state index contributed by atoms with van der Waals surface area (Å²) in [6.07, 6.45) is 8.60. The molecule has 144 valence electrons. The van der Waals surface area contributed by atoms with Gasteiger partial charge >= 0.3 is 0 Å². The third kappa shape index (κ3) is 4.21. The van der Waals surface area contributed by atoms with E-state index < -0.39 is 0 Å². The van der Waals surface area contributed by atoms with Gasteiger partial charge in [0.2, 0.25) is 5.91 Å². The van der Waals surface area contributed by atoms with Crippen LogP contribution in [0.5, 0.6) is 5.75 Å². The molecule has 4 rings (SSSR count). The number of fused-ring (bicyclic) bond motifs is 1. The van der Waals surface area contributed by atoms with Crippen molar-refractivity contribution in [1.82, 2.24) is 4.90 Å². The molecule has 0 radical (unpaired) electrons. The van der Waals surface area contributed by atoms with E-state index in [1.807, 2.05) is 17.4 Å². The molecule has 0 bridgehead atoms. The van der Waals surface area contributed by atoms with Crippen molar-refractivity contribution >= 4 is 17.2 Å². The number of rotatable bonds is 6. The molecule has 1 fully saturated rings. The Kier molecular flexibility index (Phi) is 5.82. The maximum absolute atomic E-state index is 12.9. The zero-order valence-electron chi connectivity index (χ0n) is 16.2. The van der Waals surface area contributed by atoms with Crippen molar-refractivity contribution in [3.05, 3.63) is 51.7 Å². The fourth-order valence-electron chi connectivity index (χ4n) is 4.50. The Morgan fingerprint density at radius 2 is 2.11 bits per heavy atom. The van der Waals surface area contributed by atoms with E-state index in [9.17, 15) is 4.79 Å². The highest BCUT2D eigenvalue weighted by Crippen LogP contribution is 2.35. The van der Waals surface area contributed by atoms with E-state index in [1.165, 1.54) is 41.7 Å². The molecule has 0 N–H and O–H groups in total. The Balaban J connectivity index is 1.36. The molecule has 2 heterocycles. The van der Waals surface area contributed by atoms with Crippen molar-refractivity contribution in [2.45, 2.75) is 70.4 Å². The number of carbonyl (C=O) groups is 1. The summed E-state index contributed by atoms with van der Waals surface area (Å²) in [7, 11) is 0. The molecule has 1 atom stereocenters. The zero-order valence-corrected chi connectivity index (χ0v) is 17.0. The fraction of sp³-hybridized carbons (Fsp3) is 0.522. The molecule has 1 unspecified atom stereocenters. The van der Waals surface area contributed by atoms with Crippen LogP contribution in [0.1, 0.15) is 67.5 Å². The first-order chi connectivity index (χ1) is 13.2. The number of aryl methyl sites for hydroxylation is 1. The van der Waals surface area contributed by atoms with Crippen LogP contribution in [0.25, 0.3) is 0 Å². The monoisotopic (exact) mass is 383 g/mol. The second-order valence-corrected chi connectivity index (χ2v) is 8.73. The van der Waals surface area contributed by atoms with Crippen LogP contribution < -0.4 is 4.74 Å². The molecule has 3 nitrogen and oxygen atoms in total. The van der Waals surface area contributed by atoms with Crippen molar-refractivity contribution in [2.75, 3.05) is 6.54 Å². The molecule has 1 aromatic carbocycles. The third-order valence-electron chi connectivity index (χ3n) is 5.93. The first kappa shape index (κ1) is 18.5. The number of nitrogens with zero attached hydrogens (tertiary/aromatic N) is 1. The van der Waals surface area contributed by atoms with E-state index in [4.69, 9.17) is 4.74 Å². The number of carbonyl (C=O) groups excluding carboxylic acids is 1. The molecule has 1 aliphatic carbocycles. The predicted molar refractivity (Wildman–Crippen MR) is 110 cm³/mol. The van der Waals surface area contributed by atoms with Crippen molar-refractivity contribution < 1.29 is 9.53 Å². The molecule has 0 spiro atoms. The average Bonchev–Trinajstić information content (AvgIpc) is 3.37. The summed E-state index contributed by atoms with van der Waals surface area (Å²) in [6, 6.07) is 10.8. The van der Waals surface area contributed by atoms with Crippen molar-refractivity contribution in [1.29, 1.82) is 0 Å². The van der Waals surface area contributed by atoms with Crippen LogP contribution in [0.15, 0.2) is 35.7 Å². The van der Waals surface area contributed by atoms with Crippen molar-refractivity contribution in [3.63, 3.8) is 0 Å². The lowest BCUT2D eigenvalue weighted by molar-refractivity contribution is -0.134. The Morgan fingerprint density at radius 3 is 2.93 bits per heavy atom. The Labute approximate surface area is 166 Å². The molecule has 1 aromatic heterocycles. The summed E-state index contributed by atoms with van der Waals surface area (Å²) in [5.74, 6) is 1.24. The zero-order chi connectivity index (χ0) is 18.6. The number of hydrogen-bond donors (Lipinski definition) is 0. The van der Waals surface area contributed by atoms with Gasteiger partial charge in [-0.2, -0.15) is 0 Å². The predicted octanol–water partition coefficient (Wildman–Crippen LogP) is 5.54. The minimum absolute atomic E-state index is 0.254. The van der Waals surface area contributed by atoms with Gasteiger partial charge in [0.05, 0.1) is 12.1 Å². The number of hydrogen-bond acceptors (Lipinski definition) is 3. The first-order valence-corrected chi connectivity index (χ1v) is 11.2. The highest BCUT2D eigenvalue weighted by atomic mass is 32.1. The van der Waals surface area contributed by atoms with Gasteiger partial charge in [-0.1, -0.05) is 19.1 Å². The normalized spacial score (nSPS) is 19.9. The first-order valence-electron chi connectivity index (χ1n) is 10.4. The van der Waals surface area contributed by atoms with Gasteiger partial charge in [0, 0.05) is 17.8 Å². The highest BCUT2D eigenvalue weighted by molar-refractivity contribution is 7.10. The highest BCUT2D eigenvalue weighted by Gasteiger charge is 2.29. The van der Waals surface area contributed by atoms with Crippen LogP contribution in [0, 0.1) is 0 Å². The van der Waals surface area contributed by atoms with Gasteiger partial charge in [0.25, 0.3) is 0 Å². The van der Waals surface area contributed by atoms with E-state index in [2.05, 4.69) is 41.5 Å². The topological polar surface area (TPSA) is 29.5 Å². The van der Waals surface area contributed by atoms with Gasteiger partial charge in [0.15, 0.2) is 0 Å². The summed E-state index contributed by atoms with van der Waals surface area (Å²) < 4.78 is 6.11. The Bertz CT molecular complexity index is 778. The van der Waals surface area contributed by atoms with Gasteiger partial charge in [0.1, 0.15) is 5.75 Å². The summed E-state index contributed by atoms with van der Waals surface area (Å²) in [5.41, 5.74) is 2.56. The molecule has 0 saturated heterocycles. The SMILES string of the molecule is CCC1c2ccsc2CCN1C(=O)CCc1cccc(OC2CCCC2)c1. The molecule has 2 aliphatic rings. The molecule has 2 aromatic rings. The van der Waals surface area contributed by atoms with Crippen molar-refractivity contribution in [2.24, 2.45) is 0 Å². The van der Waals surface area contributed by atoms with Crippen LogP contribution >= 0.6 is 11.3 Å². The molecule has 1 amide bonds. The number of thiophene rings is 1. The van der Waals surface area contributed by atoms with Crippen LogP contribution in [0.4, 0.5) is 0 Å². The molecule has 27 heavy (non-hydrogen) atoms. The fourth-order valence-corrected chi connectivity index (χ4v) is 5.43. The summed E-state index contributed by atoms with van der Waals surface area (Å²) in [6.45, 7) is 3.04. The van der Waals surface area contributed by atoms with E-state index >= 15 is 0 Å². The van der Waals surface area contributed by atoms with E-state index in [1.54, 1.807) is 0 Å². The van der Waals surface area contributed by atoms with Crippen LogP contribution in [-0.2, 0) is 17.6 Å². The Morgan fingerprint density at radius 1 is 1.26 bits per heavy atom. The van der Waals surface area contributed by atoms with E-state index in [0.29, 0.717) is 12.5 Å². The minimum atomic E-state index is 0.254.